The lowest BCUT2D eigenvalue weighted by atomic mass is 10.3. The van der Waals surface area contributed by atoms with E-state index in [4.69, 9.17) is 4.74 Å². The summed E-state index contributed by atoms with van der Waals surface area (Å²) in [4.78, 5) is 0. The Morgan fingerprint density at radius 2 is 1.32 bits per heavy atom. The van der Waals surface area contributed by atoms with Crippen molar-refractivity contribution in [1.29, 1.82) is 0 Å². The lowest BCUT2D eigenvalue weighted by Gasteiger charge is -2.01. The number of hydrogen-bond donors (Lipinski definition) is 1. The number of azo groups is 1. The van der Waals surface area contributed by atoms with Crippen LogP contribution in [0.5, 0.6) is 5.75 Å². The summed E-state index contributed by atoms with van der Waals surface area (Å²) in [5.41, 5.74) is 1.67. The first-order valence-corrected chi connectivity index (χ1v) is 7.70. The Morgan fingerprint density at radius 3 is 1.77 bits per heavy atom. The zero-order valence-electron chi connectivity index (χ0n) is 13.6. The maximum absolute atomic E-state index is 5.35. The summed E-state index contributed by atoms with van der Waals surface area (Å²) in [6, 6.07) is 17.2. The Bertz CT molecular complexity index is 522. The molecule has 0 aliphatic rings. The van der Waals surface area contributed by atoms with Crippen LogP contribution in [0.2, 0.25) is 0 Å². The Morgan fingerprint density at radius 1 is 0.773 bits per heavy atom. The van der Waals surface area contributed by atoms with Crippen LogP contribution in [-0.2, 0) is 0 Å². The van der Waals surface area contributed by atoms with Gasteiger partial charge >= 0.3 is 0 Å². The van der Waals surface area contributed by atoms with Gasteiger partial charge in [-0.05, 0) is 56.4 Å². The van der Waals surface area contributed by atoms with Gasteiger partial charge in [0.2, 0.25) is 0 Å². The SMILES string of the molecule is CCNCC.CCOc1ccc(N=Nc2ccccc2)cc1. The Hall–Kier alpha value is -2.20. The largest absolute Gasteiger partial charge is 0.494 e. The molecular formula is C18H25N3O. The van der Waals surface area contributed by atoms with E-state index in [-0.39, 0.29) is 0 Å². The van der Waals surface area contributed by atoms with Gasteiger partial charge in [-0.15, -0.1) is 0 Å². The number of hydrogen-bond acceptors (Lipinski definition) is 4. The minimum Gasteiger partial charge on any atom is -0.494 e. The molecule has 4 heteroatoms. The summed E-state index contributed by atoms with van der Waals surface area (Å²) in [5, 5.41) is 11.4. The molecule has 0 atom stereocenters. The van der Waals surface area contributed by atoms with Crippen molar-refractivity contribution in [3.8, 4) is 5.75 Å². The maximum Gasteiger partial charge on any atom is 0.119 e. The third-order valence-electron chi connectivity index (χ3n) is 2.68. The van der Waals surface area contributed by atoms with Crippen LogP contribution in [0.15, 0.2) is 64.8 Å². The zero-order chi connectivity index (χ0) is 16.0. The highest BCUT2D eigenvalue weighted by Crippen LogP contribution is 2.20. The summed E-state index contributed by atoms with van der Waals surface area (Å²) in [7, 11) is 0. The number of rotatable bonds is 6. The molecule has 0 aromatic heterocycles. The molecule has 0 saturated heterocycles. The minimum absolute atomic E-state index is 0.672. The van der Waals surface area contributed by atoms with Crippen molar-refractivity contribution in [2.45, 2.75) is 20.8 Å². The van der Waals surface area contributed by atoms with Crippen LogP contribution >= 0.6 is 0 Å². The van der Waals surface area contributed by atoms with Gasteiger partial charge in [-0.25, -0.2) is 0 Å². The van der Waals surface area contributed by atoms with Gasteiger partial charge in [0.05, 0.1) is 18.0 Å². The van der Waals surface area contributed by atoms with Gasteiger partial charge < -0.3 is 10.1 Å². The van der Waals surface area contributed by atoms with E-state index < -0.39 is 0 Å². The smallest absolute Gasteiger partial charge is 0.119 e. The molecule has 2 aromatic rings. The van der Waals surface area contributed by atoms with E-state index in [1.165, 1.54) is 0 Å². The molecule has 0 heterocycles. The predicted octanol–water partition coefficient (Wildman–Crippen LogP) is 5.12. The molecule has 0 bridgehead atoms. The molecular weight excluding hydrogens is 274 g/mol. The third-order valence-corrected chi connectivity index (χ3v) is 2.68. The van der Waals surface area contributed by atoms with Gasteiger partial charge in [0.15, 0.2) is 0 Å². The van der Waals surface area contributed by atoms with Crippen molar-refractivity contribution >= 4 is 11.4 Å². The lowest BCUT2D eigenvalue weighted by Crippen LogP contribution is -2.09. The van der Waals surface area contributed by atoms with Crippen LogP contribution in [0.25, 0.3) is 0 Å². The Labute approximate surface area is 133 Å². The first kappa shape index (κ1) is 17.9. The van der Waals surface area contributed by atoms with Crippen LogP contribution in [0.3, 0.4) is 0 Å². The first-order valence-electron chi connectivity index (χ1n) is 7.70. The molecule has 0 aliphatic heterocycles. The number of nitrogens with zero attached hydrogens (tertiary/aromatic N) is 2. The summed E-state index contributed by atoms with van der Waals surface area (Å²) < 4.78 is 5.35. The molecule has 0 amide bonds. The van der Waals surface area contributed by atoms with Crippen LogP contribution in [-0.4, -0.2) is 19.7 Å². The highest BCUT2D eigenvalue weighted by atomic mass is 16.5. The molecule has 1 N–H and O–H groups in total. The van der Waals surface area contributed by atoms with Gasteiger partial charge in [0, 0.05) is 0 Å². The molecule has 4 nitrogen and oxygen atoms in total. The topological polar surface area (TPSA) is 46.0 Å². The number of nitrogens with one attached hydrogen (secondary N) is 1. The highest BCUT2D eigenvalue weighted by Gasteiger charge is 1.93. The molecule has 2 aromatic carbocycles. The van der Waals surface area contributed by atoms with Crippen molar-refractivity contribution in [3.05, 3.63) is 54.6 Å². The van der Waals surface area contributed by atoms with Gasteiger partial charge in [-0.2, -0.15) is 10.2 Å². The second-order valence-corrected chi connectivity index (χ2v) is 4.42. The van der Waals surface area contributed by atoms with Crippen molar-refractivity contribution in [2.24, 2.45) is 10.2 Å². The number of benzene rings is 2. The molecule has 0 spiro atoms. The van der Waals surface area contributed by atoms with Crippen molar-refractivity contribution < 1.29 is 4.74 Å². The van der Waals surface area contributed by atoms with E-state index in [0.717, 1.165) is 30.2 Å². The van der Waals surface area contributed by atoms with E-state index in [1.54, 1.807) is 0 Å². The molecule has 0 fully saturated rings. The second-order valence-electron chi connectivity index (χ2n) is 4.42. The fourth-order valence-electron chi connectivity index (χ4n) is 1.64. The van der Waals surface area contributed by atoms with E-state index in [9.17, 15) is 0 Å². The molecule has 0 unspecified atom stereocenters. The fraction of sp³-hybridized carbons (Fsp3) is 0.333. The van der Waals surface area contributed by atoms with E-state index in [1.807, 2.05) is 61.5 Å². The summed E-state index contributed by atoms with van der Waals surface area (Å²) in [5.74, 6) is 0.853. The van der Waals surface area contributed by atoms with Crippen LogP contribution in [0, 0.1) is 0 Å². The lowest BCUT2D eigenvalue weighted by molar-refractivity contribution is 0.340. The molecule has 2 rings (SSSR count). The van der Waals surface area contributed by atoms with Crippen molar-refractivity contribution in [2.75, 3.05) is 19.7 Å². The molecule has 118 valence electrons. The van der Waals surface area contributed by atoms with Crippen molar-refractivity contribution in [1.82, 2.24) is 5.32 Å². The van der Waals surface area contributed by atoms with Crippen LogP contribution in [0.4, 0.5) is 11.4 Å². The van der Waals surface area contributed by atoms with Gasteiger partial charge in [-0.1, -0.05) is 32.0 Å². The molecule has 0 saturated carbocycles. The zero-order valence-corrected chi connectivity index (χ0v) is 13.6. The first-order chi connectivity index (χ1) is 10.8. The highest BCUT2D eigenvalue weighted by molar-refractivity contribution is 5.42. The molecule has 0 radical (unpaired) electrons. The van der Waals surface area contributed by atoms with E-state index >= 15 is 0 Å². The minimum atomic E-state index is 0.672. The Balaban J connectivity index is 0.000000422. The molecule has 22 heavy (non-hydrogen) atoms. The predicted molar refractivity (Wildman–Crippen MR) is 92.4 cm³/mol. The quantitative estimate of drug-likeness (QED) is 0.753. The van der Waals surface area contributed by atoms with Crippen LogP contribution in [0.1, 0.15) is 20.8 Å². The normalized spacial score (nSPS) is 10.1. The maximum atomic E-state index is 5.35. The van der Waals surface area contributed by atoms with Crippen molar-refractivity contribution in [3.63, 3.8) is 0 Å². The van der Waals surface area contributed by atoms with Crippen LogP contribution < -0.4 is 10.1 Å². The summed E-state index contributed by atoms with van der Waals surface area (Å²) >= 11 is 0. The monoisotopic (exact) mass is 299 g/mol. The second kappa shape index (κ2) is 11.5. The average Bonchev–Trinajstić information content (AvgIpc) is 2.57. The van der Waals surface area contributed by atoms with Gasteiger partial charge in [0.25, 0.3) is 0 Å². The fourth-order valence-corrected chi connectivity index (χ4v) is 1.64. The van der Waals surface area contributed by atoms with E-state index in [0.29, 0.717) is 6.61 Å². The standard InChI is InChI=1S/C14H14N2O.C4H11N/c1-2-17-14-10-8-13(9-11-14)16-15-12-6-4-3-5-7-12;1-3-5-4-2/h3-11H,2H2,1H3;5H,3-4H2,1-2H3. The van der Waals surface area contributed by atoms with Gasteiger partial charge in [-0.3, -0.25) is 0 Å². The summed E-state index contributed by atoms with van der Waals surface area (Å²) in [6.07, 6.45) is 0. The average molecular weight is 299 g/mol. The van der Waals surface area contributed by atoms with E-state index in [2.05, 4.69) is 29.4 Å². The number of ether oxygens (including phenoxy) is 1. The Kier molecular flexibility index (Phi) is 9.30. The van der Waals surface area contributed by atoms with Gasteiger partial charge in [0.1, 0.15) is 5.75 Å². The third kappa shape index (κ3) is 7.55. The molecule has 0 aliphatic carbocycles. The summed E-state index contributed by atoms with van der Waals surface area (Å²) in [6.45, 7) is 9.02.